The Morgan fingerprint density at radius 1 is 0.654 bits per heavy atom. The van der Waals surface area contributed by atoms with E-state index in [2.05, 4.69) is 0 Å². The monoisotopic (exact) mass is 372 g/mol. The molecule has 2 fully saturated rings. The summed E-state index contributed by atoms with van der Waals surface area (Å²) in [6.07, 6.45) is 3.65. The first-order valence-electron chi connectivity index (χ1n) is 9.20. The molecule has 26 heavy (non-hydrogen) atoms. The zero-order chi connectivity index (χ0) is 18.4. The van der Waals surface area contributed by atoms with Gasteiger partial charge in [-0.3, -0.25) is 9.59 Å². The Hall–Kier alpha value is -1.10. The first-order valence-corrected chi connectivity index (χ1v) is 9.20. The van der Waals surface area contributed by atoms with Crippen molar-refractivity contribution in [2.75, 3.05) is 39.4 Å². The number of likely N-dealkylation sites (tertiary alicyclic amines) is 1. The molecule has 0 atom stereocenters. The second-order valence-electron chi connectivity index (χ2n) is 8.76. The fourth-order valence-electron chi connectivity index (χ4n) is 2.81. The molecule has 0 aromatic carbocycles. The second kappa shape index (κ2) is 11.6. The molecule has 0 spiro atoms. The molecule has 2 aliphatic rings. The molecule has 5 nitrogen and oxygen atoms in total. The van der Waals surface area contributed by atoms with Crippen molar-refractivity contribution in [2.24, 2.45) is 10.8 Å². The van der Waals surface area contributed by atoms with Gasteiger partial charge in [-0.15, -0.1) is 0 Å². The van der Waals surface area contributed by atoms with Crippen molar-refractivity contribution in [2.45, 2.75) is 75.7 Å². The van der Waals surface area contributed by atoms with Crippen LogP contribution in [0.25, 0.3) is 0 Å². The summed E-state index contributed by atoms with van der Waals surface area (Å²) in [5.41, 5.74) is -0.450. The molecule has 156 valence electrons. The van der Waals surface area contributed by atoms with Crippen molar-refractivity contribution in [1.29, 1.82) is 0 Å². The number of hydrogen-bond donors (Lipinski definition) is 0. The van der Waals surface area contributed by atoms with Gasteiger partial charge in [-0.1, -0.05) is 56.4 Å². The molecule has 0 aromatic heterocycles. The van der Waals surface area contributed by atoms with Gasteiger partial charge < -0.3 is 14.5 Å². The topological polar surface area (TPSA) is 49.9 Å². The molecule has 0 aromatic rings. The highest BCUT2D eigenvalue weighted by molar-refractivity contribution is 5.82. The number of carbonyl (C=O) groups excluding carboxylic acids is 2. The first kappa shape index (κ1) is 27.1. The van der Waals surface area contributed by atoms with Crippen molar-refractivity contribution < 1.29 is 14.3 Å². The van der Waals surface area contributed by atoms with Gasteiger partial charge in [0.25, 0.3) is 0 Å². The summed E-state index contributed by atoms with van der Waals surface area (Å²) in [6.45, 7) is 16.6. The predicted molar refractivity (Wildman–Crippen MR) is 110 cm³/mol. The fourth-order valence-corrected chi connectivity index (χ4v) is 2.81. The van der Waals surface area contributed by atoms with Gasteiger partial charge in [0.15, 0.2) is 0 Å². The summed E-state index contributed by atoms with van der Waals surface area (Å²) in [5.74, 6) is 0.535. The Morgan fingerprint density at radius 2 is 1.00 bits per heavy atom. The van der Waals surface area contributed by atoms with E-state index in [0.717, 1.165) is 26.2 Å². The van der Waals surface area contributed by atoms with E-state index >= 15 is 0 Å². The molecule has 0 saturated carbocycles. The lowest BCUT2D eigenvalue weighted by Crippen LogP contribution is -2.45. The largest absolute Gasteiger partial charge is 0.378 e. The molecular formula is C21H44N2O3. The Kier molecular flexibility index (Phi) is 12.1. The quantitative estimate of drug-likeness (QED) is 0.640. The number of ether oxygens (including phenoxy) is 1. The van der Waals surface area contributed by atoms with Gasteiger partial charge >= 0.3 is 0 Å². The molecule has 0 radical (unpaired) electrons. The van der Waals surface area contributed by atoms with Crippen molar-refractivity contribution in [3.05, 3.63) is 0 Å². The number of morpholine rings is 1. The number of hydrogen-bond acceptors (Lipinski definition) is 3. The van der Waals surface area contributed by atoms with Crippen molar-refractivity contribution in [3.8, 4) is 0 Å². The molecule has 5 heteroatoms. The molecule has 2 heterocycles. The van der Waals surface area contributed by atoms with Gasteiger partial charge in [-0.2, -0.15) is 0 Å². The van der Waals surface area contributed by atoms with Crippen LogP contribution in [0.5, 0.6) is 0 Å². The smallest absolute Gasteiger partial charge is 0.228 e. The highest BCUT2D eigenvalue weighted by Gasteiger charge is 2.28. The van der Waals surface area contributed by atoms with Crippen LogP contribution < -0.4 is 0 Å². The summed E-state index contributed by atoms with van der Waals surface area (Å²) in [4.78, 5) is 27.3. The Morgan fingerprint density at radius 3 is 1.35 bits per heavy atom. The highest BCUT2D eigenvalue weighted by atomic mass is 16.5. The Labute approximate surface area is 162 Å². The number of carbonyl (C=O) groups is 2. The third kappa shape index (κ3) is 9.02. The van der Waals surface area contributed by atoms with E-state index in [1.165, 1.54) is 19.3 Å². The molecule has 2 saturated heterocycles. The van der Waals surface area contributed by atoms with Gasteiger partial charge in [0.1, 0.15) is 0 Å². The molecule has 2 rings (SSSR count). The van der Waals surface area contributed by atoms with Crippen LogP contribution in [0.15, 0.2) is 0 Å². The summed E-state index contributed by atoms with van der Waals surface area (Å²) < 4.78 is 5.17. The molecule has 0 unspecified atom stereocenters. The van der Waals surface area contributed by atoms with Crippen LogP contribution >= 0.6 is 0 Å². The second-order valence-corrected chi connectivity index (χ2v) is 8.76. The van der Waals surface area contributed by atoms with Crippen LogP contribution in [0, 0.1) is 10.8 Å². The van der Waals surface area contributed by atoms with E-state index in [1.54, 1.807) is 0 Å². The lowest BCUT2D eigenvalue weighted by molar-refractivity contribution is -0.143. The lowest BCUT2D eigenvalue weighted by Gasteiger charge is -2.32. The standard InChI is InChI=1S/C10H19NO.C9H17NO2.2CH4/c1-10(2,3)9(12)11-7-5-4-6-8-11;1-9(2,3)8(11)10-4-6-12-7-5-10;;/h4-8H2,1-3H3;4-7H2,1-3H3;2*1H4. The molecule has 2 amide bonds. The van der Waals surface area contributed by atoms with Crippen LogP contribution in [0.3, 0.4) is 0 Å². The van der Waals surface area contributed by atoms with Crippen LogP contribution in [-0.4, -0.2) is 61.0 Å². The third-order valence-electron chi connectivity index (χ3n) is 4.22. The molecule has 2 aliphatic heterocycles. The van der Waals surface area contributed by atoms with E-state index in [4.69, 9.17) is 4.74 Å². The zero-order valence-electron chi connectivity index (χ0n) is 16.5. The minimum atomic E-state index is -0.253. The maximum absolute atomic E-state index is 11.7. The van der Waals surface area contributed by atoms with E-state index in [-0.39, 0.29) is 31.6 Å². The van der Waals surface area contributed by atoms with Gasteiger partial charge in [0.2, 0.25) is 11.8 Å². The normalized spacial score (nSPS) is 17.9. The minimum absolute atomic E-state index is 0. The van der Waals surface area contributed by atoms with Crippen LogP contribution in [0.1, 0.15) is 75.7 Å². The summed E-state index contributed by atoms with van der Waals surface area (Å²) in [7, 11) is 0. The third-order valence-corrected chi connectivity index (χ3v) is 4.22. The molecule has 0 aliphatic carbocycles. The van der Waals surface area contributed by atoms with Gasteiger partial charge in [0.05, 0.1) is 13.2 Å². The van der Waals surface area contributed by atoms with E-state index < -0.39 is 0 Å². The lowest BCUT2D eigenvalue weighted by atomic mass is 9.93. The van der Waals surface area contributed by atoms with E-state index in [9.17, 15) is 9.59 Å². The highest BCUT2D eigenvalue weighted by Crippen LogP contribution is 2.20. The number of piperidine rings is 1. The van der Waals surface area contributed by atoms with Crippen LogP contribution in [0.2, 0.25) is 0 Å². The molecule has 0 bridgehead atoms. The molecular weight excluding hydrogens is 328 g/mol. The summed E-state index contributed by atoms with van der Waals surface area (Å²) in [6, 6.07) is 0. The summed E-state index contributed by atoms with van der Waals surface area (Å²) >= 11 is 0. The zero-order valence-corrected chi connectivity index (χ0v) is 16.5. The Balaban J connectivity index is 0. The molecule has 0 N–H and O–H groups in total. The predicted octanol–water partition coefficient (Wildman–Crippen LogP) is 4.21. The van der Waals surface area contributed by atoms with Gasteiger partial charge in [-0.25, -0.2) is 0 Å². The maximum Gasteiger partial charge on any atom is 0.228 e. The minimum Gasteiger partial charge on any atom is -0.378 e. The SMILES string of the molecule is C.C.CC(C)(C)C(=O)N1CCCCC1.CC(C)(C)C(=O)N1CCOCC1. The van der Waals surface area contributed by atoms with Crippen molar-refractivity contribution >= 4 is 11.8 Å². The van der Waals surface area contributed by atoms with Gasteiger partial charge in [-0.05, 0) is 19.3 Å². The van der Waals surface area contributed by atoms with E-state index in [0.29, 0.717) is 19.1 Å². The van der Waals surface area contributed by atoms with Gasteiger partial charge in [0, 0.05) is 37.0 Å². The van der Waals surface area contributed by atoms with Crippen molar-refractivity contribution in [3.63, 3.8) is 0 Å². The maximum atomic E-state index is 11.7. The first-order chi connectivity index (χ1) is 11.0. The number of nitrogens with zero attached hydrogens (tertiary/aromatic N) is 2. The number of amides is 2. The average molecular weight is 373 g/mol. The fraction of sp³-hybridized carbons (Fsp3) is 0.905. The van der Waals surface area contributed by atoms with Crippen LogP contribution in [-0.2, 0) is 14.3 Å². The van der Waals surface area contributed by atoms with Crippen molar-refractivity contribution in [1.82, 2.24) is 9.80 Å². The summed E-state index contributed by atoms with van der Waals surface area (Å²) in [5, 5.41) is 0. The Bertz CT molecular complexity index is 370. The average Bonchev–Trinajstić information content (AvgIpc) is 2.54. The number of rotatable bonds is 0. The van der Waals surface area contributed by atoms with E-state index in [1.807, 2.05) is 51.3 Å². The van der Waals surface area contributed by atoms with Crippen LogP contribution in [0.4, 0.5) is 0 Å².